The standard InChI is InChI=1S/C25H30N4O2/c1-3-16(11-12-17-15(2)26-20-9-5-4-7-18(17)20)27-22-13-14-29-23-19(24(22)30)8-6-10-21(23)28-25(29)31/h4-10,16,22,24,26-27,30H,3,11-14H2,1-2H3,(H,28,31)/t16?,22-,24-/m1/s1. The first kappa shape index (κ1) is 20.1. The third-order valence-electron chi connectivity index (χ3n) is 6.90. The van der Waals surface area contributed by atoms with Gasteiger partial charge in [0.1, 0.15) is 0 Å². The number of fused-ring (bicyclic) bond motifs is 1. The van der Waals surface area contributed by atoms with Crippen molar-refractivity contribution in [3.8, 4) is 0 Å². The van der Waals surface area contributed by atoms with Crippen molar-refractivity contribution in [3.63, 3.8) is 0 Å². The van der Waals surface area contributed by atoms with Gasteiger partial charge in [-0.15, -0.1) is 0 Å². The average molecular weight is 419 g/mol. The Morgan fingerprint density at radius 1 is 1.16 bits per heavy atom. The summed E-state index contributed by atoms with van der Waals surface area (Å²) in [6.45, 7) is 4.94. The summed E-state index contributed by atoms with van der Waals surface area (Å²) in [7, 11) is 0. The van der Waals surface area contributed by atoms with E-state index in [1.165, 1.54) is 22.2 Å². The molecule has 6 heteroatoms. The molecular formula is C25H30N4O2. The summed E-state index contributed by atoms with van der Waals surface area (Å²) in [4.78, 5) is 18.8. The molecule has 1 aliphatic rings. The molecule has 3 atom stereocenters. The molecule has 0 radical (unpaired) electrons. The number of para-hydroxylation sites is 2. The zero-order valence-corrected chi connectivity index (χ0v) is 18.1. The minimum absolute atomic E-state index is 0.0843. The monoisotopic (exact) mass is 418 g/mol. The smallest absolute Gasteiger partial charge is 0.326 e. The van der Waals surface area contributed by atoms with Crippen molar-refractivity contribution in [1.29, 1.82) is 0 Å². The van der Waals surface area contributed by atoms with Crippen molar-refractivity contribution in [2.75, 3.05) is 0 Å². The van der Waals surface area contributed by atoms with Gasteiger partial charge in [-0.2, -0.15) is 0 Å². The second-order valence-electron chi connectivity index (χ2n) is 8.75. The van der Waals surface area contributed by atoms with Crippen LogP contribution in [-0.2, 0) is 13.0 Å². The third kappa shape index (κ3) is 3.50. The molecule has 0 amide bonds. The van der Waals surface area contributed by atoms with Crippen LogP contribution in [0.4, 0.5) is 0 Å². The summed E-state index contributed by atoms with van der Waals surface area (Å²) in [5, 5.41) is 16.2. The number of aromatic nitrogens is 3. The van der Waals surface area contributed by atoms with Crippen LogP contribution in [0.1, 0.15) is 49.1 Å². The van der Waals surface area contributed by atoms with E-state index in [4.69, 9.17) is 0 Å². The normalized spacial score (nSPS) is 19.7. The molecule has 0 saturated heterocycles. The molecule has 0 aliphatic carbocycles. The lowest BCUT2D eigenvalue weighted by Gasteiger charge is -2.28. The molecule has 4 aromatic rings. The predicted molar refractivity (Wildman–Crippen MR) is 124 cm³/mol. The van der Waals surface area contributed by atoms with E-state index in [2.05, 4.69) is 53.4 Å². The summed E-state index contributed by atoms with van der Waals surface area (Å²) >= 11 is 0. The molecule has 162 valence electrons. The van der Waals surface area contributed by atoms with Crippen molar-refractivity contribution < 1.29 is 5.11 Å². The molecule has 5 rings (SSSR count). The Bertz CT molecular complexity index is 1280. The van der Waals surface area contributed by atoms with Gasteiger partial charge in [0.05, 0.1) is 17.1 Å². The van der Waals surface area contributed by atoms with Crippen LogP contribution in [0, 0.1) is 6.92 Å². The van der Waals surface area contributed by atoms with E-state index in [-0.39, 0.29) is 11.7 Å². The highest BCUT2D eigenvalue weighted by atomic mass is 16.3. The van der Waals surface area contributed by atoms with Crippen LogP contribution in [-0.4, -0.2) is 31.7 Å². The Labute approximate surface area is 181 Å². The minimum atomic E-state index is -0.642. The van der Waals surface area contributed by atoms with E-state index in [9.17, 15) is 9.90 Å². The molecule has 0 saturated carbocycles. The van der Waals surface area contributed by atoms with Gasteiger partial charge in [0.2, 0.25) is 0 Å². The van der Waals surface area contributed by atoms with E-state index in [1.54, 1.807) is 4.57 Å². The van der Waals surface area contributed by atoms with E-state index in [0.29, 0.717) is 19.0 Å². The first-order chi connectivity index (χ1) is 15.1. The predicted octanol–water partition coefficient (Wildman–Crippen LogP) is 3.93. The van der Waals surface area contributed by atoms with Gasteiger partial charge < -0.3 is 20.4 Å². The SMILES string of the molecule is CCC(CCc1c(C)[nH]c2ccccc12)N[C@@H]1CCn2c(=O)[nH]c3cccc(c32)[C@H]1O. The van der Waals surface area contributed by atoms with Gasteiger partial charge in [-0.3, -0.25) is 4.57 Å². The second kappa shape index (κ2) is 8.02. The average Bonchev–Trinajstić information content (AvgIpc) is 3.22. The maximum atomic E-state index is 12.4. The van der Waals surface area contributed by atoms with Crippen molar-refractivity contribution in [2.24, 2.45) is 0 Å². The van der Waals surface area contributed by atoms with Crippen molar-refractivity contribution in [1.82, 2.24) is 19.9 Å². The number of hydrogen-bond donors (Lipinski definition) is 4. The molecule has 0 fully saturated rings. The van der Waals surface area contributed by atoms with Crippen LogP contribution in [0.25, 0.3) is 21.9 Å². The molecule has 0 spiro atoms. The van der Waals surface area contributed by atoms with Gasteiger partial charge >= 0.3 is 5.69 Å². The quantitative estimate of drug-likeness (QED) is 0.383. The highest BCUT2D eigenvalue weighted by Gasteiger charge is 2.29. The molecule has 1 aliphatic heterocycles. The van der Waals surface area contributed by atoms with Gasteiger partial charge in [0.25, 0.3) is 0 Å². The number of H-pyrrole nitrogens is 2. The van der Waals surface area contributed by atoms with Crippen LogP contribution in [0.15, 0.2) is 47.3 Å². The highest BCUT2D eigenvalue weighted by molar-refractivity contribution is 5.84. The number of aliphatic hydroxyl groups is 1. The number of aliphatic hydroxyl groups excluding tert-OH is 1. The molecule has 1 unspecified atom stereocenters. The van der Waals surface area contributed by atoms with Crippen LogP contribution >= 0.6 is 0 Å². The van der Waals surface area contributed by atoms with Gasteiger partial charge in [-0.1, -0.05) is 37.3 Å². The van der Waals surface area contributed by atoms with Crippen LogP contribution in [0.5, 0.6) is 0 Å². The van der Waals surface area contributed by atoms with Gasteiger partial charge in [-0.05, 0) is 50.3 Å². The Hall–Kier alpha value is -2.83. The van der Waals surface area contributed by atoms with E-state index in [0.717, 1.165) is 35.9 Å². The minimum Gasteiger partial charge on any atom is -0.387 e. The molecule has 31 heavy (non-hydrogen) atoms. The lowest BCUT2D eigenvalue weighted by Crippen LogP contribution is -2.42. The van der Waals surface area contributed by atoms with E-state index >= 15 is 0 Å². The molecule has 0 bridgehead atoms. The van der Waals surface area contributed by atoms with Crippen molar-refractivity contribution >= 4 is 21.9 Å². The van der Waals surface area contributed by atoms with Crippen LogP contribution in [0.3, 0.4) is 0 Å². The van der Waals surface area contributed by atoms with Gasteiger partial charge in [-0.25, -0.2) is 4.79 Å². The lowest BCUT2D eigenvalue weighted by molar-refractivity contribution is 0.117. The highest BCUT2D eigenvalue weighted by Crippen LogP contribution is 2.30. The van der Waals surface area contributed by atoms with Gasteiger partial charge in [0.15, 0.2) is 0 Å². The number of nitrogens with one attached hydrogen (secondary N) is 3. The number of imidazole rings is 1. The Kier molecular flexibility index (Phi) is 5.20. The maximum Gasteiger partial charge on any atom is 0.326 e. The molecule has 4 N–H and O–H groups in total. The summed E-state index contributed by atoms with van der Waals surface area (Å²) in [6, 6.07) is 14.4. The number of rotatable bonds is 6. The summed E-state index contributed by atoms with van der Waals surface area (Å²) in [6.07, 6.45) is 3.04. The van der Waals surface area contributed by atoms with Crippen molar-refractivity contribution in [2.45, 2.75) is 64.3 Å². The molecule has 3 heterocycles. The van der Waals surface area contributed by atoms with Crippen molar-refractivity contribution in [3.05, 3.63) is 69.8 Å². The van der Waals surface area contributed by atoms with Crippen LogP contribution < -0.4 is 11.0 Å². The number of hydrogen-bond acceptors (Lipinski definition) is 3. The van der Waals surface area contributed by atoms with Gasteiger partial charge in [0, 0.05) is 40.8 Å². The molecule has 6 nitrogen and oxygen atoms in total. The van der Waals surface area contributed by atoms with E-state index in [1.807, 2.05) is 18.2 Å². The fourth-order valence-electron chi connectivity index (χ4n) is 5.20. The summed E-state index contributed by atoms with van der Waals surface area (Å²) in [5.74, 6) is 0. The molecule has 2 aromatic heterocycles. The fraction of sp³-hybridized carbons (Fsp3) is 0.400. The molecular weight excluding hydrogens is 388 g/mol. The second-order valence-corrected chi connectivity index (χ2v) is 8.75. The number of aryl methyl sites for hydroxylation is 3. The first-order valence-corrected chi connectivity index (χ1v) is 11.3. The number of benzene rings is 2. The molecule has 2 aromatic carbocycles. The third-order valence-corrected chi connectivity index (χ3v) is 6.90. The topological polar surface area (TPSA) is 85.8 Å². The van der Waals surface area contributed by atoms with E-state index < -0.39 is 6.10 Å². The van der Waals surface area contributed by atoms with Crippen LogP contribution in [0.2, 0.25) is 0 Å². The number of nitrogens with zero attached hydrogens (tertiary/aromatic N) is 1. The summed E-state index contributed by atoms with van der Waals surface area (Å²) in [5.41, 5.74) is 6.16. The Morgan fingerprint density at radius 2 is 1.97 bits per heavy atom. The summed E-state index contributed by atoms with van der Waals surface area (Å²) < 4.78 is 1.77. The number of aromatic amines is 2. The Balaban J connectivity index is 1.34. The maximum absolute atomic E-state index is 12.4. The zero-order chi connectivity index (χ0) is 21.5. The fourth-order valence-corrected chi connectivity index (χ4v) is 5.20. The Morgan fingerprint density at radius 3 is 2.81 bits per heavy atom. The zero-order valence-electron chi connectivity index (χ0n) is 18.1. The first-order valence-electron chi connectivity index (χ1n) is 11.3. The largest absolute Gasteiger partial charge is 0.387 e. The lowest BCUT2D eigenvalue weighted by atomic mass is 9.96.